The molecule has 0 spiro atoms. The Morgan fingerprint density at radius 3 is 2.83 bits per heavy atom. The lowest BCUT2D eigenvalue weighted by Crippen LogP contribution is -2.27. The Labute approximate surface area is 139 Å². The topological polar surface area (TPSA) is 54.5 Å². The quantitative estimate of drug-likeness (QED) is 0.880. The Kier molecular flexibility index (Phi) is 5.76. The average Bonchev–Trinajstić information content (AvgIpc) is 2.52. The van der Waals surface area contributed by atoms with E-state index in [2.05, 4.69) is 10.3 Å². The standard InChI is InChI=1S/C16H17ClFN3O2/c1-21(2)15(22)10-23-14-6-4-3-5-11(14)8-19-16-13(17)7-12(18)9-20-16/h3-7,9H,8,10H2,1-2H3,(H,19,20). The van der Waals surface area contributed by atoms with Crippen molar-refractivity contribution < 1.29 is 13.9 Å². The average molecular weight is 338 g/mol. The Morgan fingerprint density at radius 1 is 1.39 bits per heavy atom. The number of ether oxygens (including phenoxy) is 1. The van der Waals surface area contributed by atoms with Crippen LogP contribution in [0.15, 0.2) is 36.5 Å². The number of rotatable bonds is 6. The van der Waals surface area contributed by atoms with Crippen LogP contribution in [-0.4, -0.2) is 36.5 Å². The molecule has 5 nitrogen and oxygen atoms in total. The van der Waals surface area contributed by atoms with Gasteiger partial charge >= 0.3 is 0 Å². The van der Waals surface area contributed by atoms with Crippen LogP contribution in [0, 0.1) is 5.82 Å². The third-order valence-corrected chi connectivity index (χ3v) is 3.36. The number of amides is 1. The van der Waals surface area contributed by atoms with Crippen LogP contribution < -0.4 is 10.1 Å². The van der Waals surface area contributed by atoms with Gasteiger partial charge in [-0.2, -0.15) is 0 Å². The molecule has 0 fully saturated rings. The fourth-order valence-corrected chi connectivity index (χ4v) is 2.00. The SMILES string of the molecule is CN(C)C(=O)COc1ccccc1CNc1ncc(F)cc1Cl. The number of nitrogens with zero attached hydrogens (tertiary/aromatic N) is 2. The van der Waals surface area contributed by atoms with E-state index in [-0.39, 0.29) is 17.5 Å². The van der Waals surface area contributed by atoms with Gasteiger partial charge in [0.25, 0.3) is 5.91 Å². The van der Waals surface area contributed by atoms with Crippen molar-refractivity contribution in [1.82, 2.24) is 9.88 Å². The van der Waals surface area contributed by atoms with Gasteiger partial charge in [0.15, 0.2) is 6.61 Å². The highest BCUT2D eigenvalue weighted by atomic mass is 35.5. The largest absolute Gasteiger partial charge is 0.483 e. The maximum absolute atomic E-state index is 13.0. The molecule has 7 heteroatoms. The van der Waals surface area contributed by atoms with E-state index in [4.69, 9.17) is 16.3 Å². The molecule has 0 radical (unpaired) electrons. The van der Waals surface area contributed by atoms with Crippen LogP contribution in [0.3, 0.4) is 0 Å². The zero-order valence-corrected chi connectivity index (χ0v) is 13.6. The normalized spacial score (nSPS) is 10.3. The summed E-state index contributed by atoms with van der Waals surface area (Å²) in [6, 6.07) is 8.51. The molecular weight excluding hydrogens is 321 g/mol. The second-order valence-electron chi connectivity index (χ2n) is 5.02. The highest BCUT2D eigenvalue weighted by molar-refractivity contribution is 6.32. The Balaban J connectivity index is 2.04. The van der Waals surface area contributed by atoms with Gasteiger partial charge in [-0.25, -0.2) is 9.37 Å². The number of carbonyl (C=O) groups excluding carboxylic acids is 1. The second kappa shape index (κ2) is 7.78. The summed E-state index contributed by atoms with van der Waals surface area (Å²) in [5.74, 6) is 0.350. The number of nitrogens with one attached hydrogen (secondary N) is 1. The molecule has 0 unspecified atom stereocenters. The van der Waals surface area contributed by atoms with Crippen LogP contribution in [0.4, 0.5) is 10.2 Å². The summed E-state index contributed by atoms with van der Waals surface area (Å²) >= 11 is 5.93. The van der Waals surface area contributed by atoms with Gasteiger partial charge in [0, 0.05) is 26.2 Å². The number of para-hydroxylation sites is 1. The zero-order valence-electron chi connectivity index (χ0n) is 12.8. The number of benzene rings is 1. The van der Waals surface area contributed by atoms with Gasteiger partial charge in [-0.15, -0.1) is 0 Å². The van der Waals surface area contributed by atoms with Gasteiger partial charge in [-0.1, -0.05) is 29.8 Å². The minimum atomic E-state index is -0.494. The molecule has 122 valence electrons. The Hall–Kier alpha value is -2.34. The predicted octanol–water partition coefficient (Wildman–Crippen LogP) is 2.95. The zero-order chi connectivity index (χ0) is 16.8. The molecule has 0 atom stereocenters. The molecule has 1 aromatic heterocycles. The number of anilines is 1. The molecule has 0 saturated heterocycles. The number of hydrogen-bond donors (Lipinski definition) is 1. The molecule has 0 aliphatic carbocycles. The molecule has 1 heterocycles. The lowest BCUT2D eigenvalue weighted by molar-refractivity contribution is -0.130. The van der Waals surface area contributed by atoms with Gasteiger partial charge in [0.1, 0.15) is 17.4 Å². The summed E-state index contributed by atoms with van der Waals surface area (Å²) in [6.07, 6.45) is 1.09. The number of hydrogen-bond acceptors (Lipinski definition) is 4. The maximum atomic E-state index is 13.0. The van der Waals surface area contributed by atoms with Crippen LogP contribution in [-0.2, 0) is 11.3 Å². The number of likely N-dealkylation sites (N-methyl/N-ethyl adjacent to an activating group) is 1. The third kappa shape index (κ3) is 4.82. The first-order valence-corrected chi connectivity index (χ1v) is 7.31. The fraction of sp³-hybridized carbons (Fsp3) is 0.250. The van der Waals surface area contributed by atoms with Crippen LogP contribution in [0.2, 0.25) is 5.02 Å². The number of carbonyl (C=O) groups is 1. The molecule has 1 aromatic carbocycles. The predicted molar refractivity (Wildman–Crippen MR) is 87.2 cm³/mol. The third-order valence-electron chi connectivity index (χ3n) is 3.08. The molecule has 0 bridgehead atoms. The molecule has 2 aromatic rings. The van der Waals surface area contributed by atoms with Crippen molar-refractivity contribution in [2.24, 2.45) is 0 Å². The Bertz CT molecular complexity index is 695. The smallest absolute Gasteiger partial charge is 0.259 e. The van der Waals surface area contributed by atoms with Crippen LogP contribution in [0.5, 0.6) is 5.75 Å². The van der Waals surface area contributed by atoms with E-state index in [0.29, 0.717) is 18.1 Å². The summed E-state index contributed by atoms with van der Waals surface area (Å²) in [6.45, 7) is 0.338. The first kappa shape index (κ1) is 17.0. The van der Waals surface area contributed by atoms with E-state index in [1.807, 2.05) is 18.2 Å². The van der Waals surface area contributed by atoms with E-state index >= 15 is 0 Å². The van der Waals surface area contributed by atoms with Crippen molar-refractivity contribution in [3.63, 3.8) is 0 Å². The molecule has 1 amide bonds. The van der Waals surface area contributed by atoms with Gasteiger partial charge in [0.05, 0.1) is 11.2 Å². The van der Waals surface area contributed by atoms with Gasteiger partial charge in [-0.05, 0) is 12.1 Å². The van der Waals surface area contributed by atoms with Crippen molar-refractivity contribution in [2.75, 3.05) is 26.0 Å². The van der Waals surface area contributed by atoms with Crippen molar-refractivity contribution >= 4 is 23.3 Å². The lowest BCUT2D eigenvalue weighted by atomic mass is 10.2. The van der Waals surface area contributed by atoms with E-state index in [0.717, 1.165) is 11.8 Å². The second-order valence-corrected chi connectivity index (χ2v) is 5.43. The van der Waals surface area contributed by atoms with Crippen molar-refractivity contribution in [1.29, 1.82) is 0 Å². The van der Waals surface area contributed by atoms with Gasteiger partial charge in [-0.3, -0.25) is 4.79 Å². The van der Waals surface area contributed by atoms with E-state index < -0.39 is 5.82 Å². The summed E-state index contributed by atoms with van der Waals surface area (Å²) in [7, 11) is 3.34. The number of halogens is 2. The maximum Gasteiger partial charge on any atom is 0.259 e. The van der Waals surface area contributed by atoms with Crippen molar-refractivity contribution in [3.05, 3.63) is 52.9 Å². The highest BCUT2D eigenvalue weighted by Gasteiger charge is 2.09. The van der Waals surface area contributed by atoms with Crippen LogP contribution >= 0.6 is 11.6 Å². The van der Waals surface area contributed by atoms with E-state index in [1.165, 1.54) is 11.0 Å². The lowest BCUT2D eigenvalue weighted by Gasteiger charge is -2.14. The number of aromatic nitrogens is 1. The van der Waals surface area contributed by atoms with E-state index in [1.54, 1.807) is 20.2 Å². The van der Waals surface area contributed by atoms with Crippen LogP contribution in [0.1, 0.15) is 5.56 Å². The fourth-order valence-electron chi connectivity index (χ4n) is 1.78. The molecule has 0 aliphatic heterocycles. The molecular formula is C16H17ClFN3O2. The summed E-state index contributed by atoms with van der Waals surface area (Å²) in [5.41, 5.74) is 0.834. The molecule has 2 rings (SSSR count). The summed E-state index contributed by atoms with van der Waals surface area (Å²) in [4.78, 5) is 17.0. The first-order chi connectivity index (χ1) is 11.0. The summed E-state index contributed by atoms with van der Waals surface area (Å²) < 4.78 is 18.5. The minimum absolute atomic E-state index is 0.0421. The van der Waals surface area contributed by atoms with Crippen molar-refractivity contribution in [2.45, 2.75) is 6.54 Å². The van der Waals surface area contributed by atoms with E-state index in [9.17, 15) is 9.18 Å². The number of pyridine rings is 1. The van der Waals surface area contributed by atoms with Crippen LogP contribution in [0.25, 0.3) is 0 Å². The first-order valence-electron chi connectivity index (χ1n) is 6.93. The summed E-state index contributed by atoms with van der Waals surface area (Å²) in [5, 5.41) is 3.22. The molecule has 0 saturated carbocycles. The molecule has 23 heavy (non-hydrogen) atoms. The highest BCUT2D eigenvalue weighted by Crippen LogP contribution is 2.23. The minimum Gasteiger partial charge on any atom is -0.483 e. The monoisotopic (exact) mass is 337 g/mol. The van der Waals surface area contributed by atoms with Crippen molar-refractivity contribution in [3.8, 4) is 5.75 Å². The van der Waals surface area contributed by atoms with Gasteiger partial charge in [0.2, 0.25) is 0 Å². The Morgan fingerprint density at radius 2 is 2.13 bits per heavy atom. The van der Waals surface area contributed by atoms with Gasteiger partial charge < -0.3 is 15.0 Å². The molecule has 0 aliphatic rings. The molecule has 1 N–H and O–H groups in total.